The van der Waals surface area contributed by atoms with Gasteiger partial charge in [0.1, 0.15) is 22.2 Å². The molecule has 0 spiro atoms. The average molecular weight is 202 g/mol. The third-order valence-corrected chi connectivity index (χ3v) is 1.70. The monoisotopic (exact) mass is 202 g/mol. The molecule has 0 saturated heterocycles. The van der Waals surface area contributed by atoms with E-state index in [1.165, 1.54) is 6.20 Å². The second-order valence-electron chi connectivity index (χ2n) is 2.78. The second kappa shape index (κ2) is 4.82. The van der Waals surface area contributed by atoms with Crippen molar-refractivity contribution in [1.82, 2.24) is 9.78 Å². The third kappa shape index (κ3) is 2.71. The molecule has 0 aromatic carbocycles. The van der Waals surface area contributed by atoms with Crippen LogP contribution < -0.4 is 16.5 Å². The number of rotatable bonds is 3. The van der Waals surface area contributed by atoms with Gasteiger partial charge >= 0.3 is 5.97 Å². The van der Waals surface area contributed by atoms with Gasteiger partial charge in [-0.3, -0.25) is 9.59 Å². The van der Waals surface area contributed by atoms with E-state index in [1.807, 2.05) is 0 Å². The highest BCUT2D eigenvalue weighted by molar-refractivity contribution is 6.48. The molecule has 15 heavy (non-hydrogen) atoms. The van der Waals surface area contributed by atoms with Crippen LogP contribution in [0.25, 0.3) is 0 Å². The normalized spacial score (nSPS) is 9.93. The van der Waals surface area contributed by atoms with Gasteiger partial charge in [0.2, 0.25) is 0 Å². The smallest absolute Gasteiger partial charge is 0.327 e. The number of hydrogen-bond acceptors (Lipinski definition) is 4. The Bertz CT molecular complexity index is 430. The average Bonchev–Trinajstić information content (AvgIpc) is 2.20. The van der Waals surface area contributed by atoms with Gasteiger partial charge in [0.15, 0.2) is 0 Å². The van der Waals surface area contributed by atoms with E-state index in [1.54, 1.807) is 6.92 Å². The first kappa shape index (κ1) is 11.6. The summed E-state index contributed by atoms with van der Waals surface area (Å²) in [5, 5.41) is 3.66. The van der Waals surface area contributed by atoms with Crippen LogP contribution in [0.4, 0.5) is 0 Å². The third-order valence-electron chi connectivity index (χ3n) is 1.70. The van der Waals surface area contributed by atoms with E-state index in [0.717, 1.165) is 4.68 Å². The maximum absolute atomic E-state index is 11.4. The number of ether oxygens (including phenoxy) is 1. The minimum atomic E-state index is -0.594. The summed E-state index contributed by atoms with van der Waals surface area (Å²) < 4.78 is 5.57. The standard InChI is InChI=1S/C8H8B2N2O3/c1-2-15-6(13)4-12-8(14)7(10)5(9)3-11-12/h3H,2,4H2,1H3. The molecule has 74 valence electrons. The largest absolute Gasteiger partial charge is 0.465 e. The van der Waals surface area contributed by atoms with Crippen LogP contribution in [0.1, 0.15) is 6.92 Å². The molecule has 0 aliphatic rings. The van der Waals surface area contributed by atoms with Gasteiger partial charge < -0.3 is 4.74 Å². The van der Waals surface area contributed by atoms with E-state index in [4.69, 9.17) is 15.7 Å². The highest BCUT2D eigenvalue weighted by Gasteiger charge is 2.08. The molecule has 5 nitrogen and oxygen atoms in total. The molecule has 0 bridgehead atoms. The number of carbonyl (C=O) groups is 1. The van der Waals surface area contributed by atoms with Crippen LogP contribution >= 0.6 is 0 Å². The molecular formula is C8H8B2N2O3. The zero-order valence-electron chi connectivity index (χ0n) is 8.27. The summed E-state index contributed by atoms with van der Waals surface area (Å²) in [6.45, 7) is 1.65. The quantitative estimate of drug-likeness (QED) is 0.398. The van der Waals surface area contributed by atoms with Crippen molar-refractivity contribution in [2.75, 3.05) is 6.61 Å². The Kier molecular flexibility index (Phi) is 3.71. The molecule has 0 atom stereocenters. The first-order valence-corrected chi connectivity index (χ1v) is 4.33. The molecule has 0 unspecified atom stereocenters. The van der Waals surface area contributed by atoms with Crippen LogP contribution in [-0.2, 0) is 16.1 Å². The molecule has 1 aromatic heterocycles. The maximum atomic E-state index is 11.4. The molecule has 0 aliphatic carbocycles. The van der Waals surface area contributed by atoms with Crippen molar-refractivity contribution in [3.63, 3.8) is 0 Å². The molecule has 0 amide bonds. The van der Waals surface area contributed by atoms with Gasteiger partial charge in [-0.2, -0.15) is 5.10 Å². The number of hydrogen-bond donors (Lipinski definition) is 0. The summed E-state index contributed by atoms with van der Waals surface area (Å²) in [4.78, 5) is 22.5. The molecule has 1 rings (SSSR count). The van der Waals surface area contributed by atoms with Crippen molar-refractivity contribution in [3.8, 4) is 0 Å². The minimum absolute atomic E-state index is 0.0973. The van der Waals surface area contributed by atoms with Crippen LogP contribution in [0.3, 0.4) is 0 Å². The predicted octanol–water partition coefficient (Wildman–Crippen LogP) is -2.61. The second-order valence-corrected chi connectivity index (χ2v) is 2.78. The van der Waals surface area contributed by atoms with Crippen molar-refractivity contribution < 1.29 is 9.53 Å². The SMILES string of the molecule is [B]c1cnn(CC(=O)OCC)c(=O)c1[B]. The van der Waals surface area contributed by atoms with Crippen molar-refractivity contribution in [2.24, 2.45) is 0 Å². The molecule has 0 N–H and O–H groups in total. The fourth-order valence-corrected chi connectivity index (χ4v) is 0.958. The Morgan fingerprint density at radius 1 is 1.60 bits per heavy atom. The Balaban J connectivity index is 2.92. The van der Waals surface area contributed by atoms with E-state index >= 15 is 0 Å². The summed E-state index contributed by atoms with van der Waals surface area (Å²) in [5.74, 6) is -0.545. The van der Waals surface area contributed by atoms with E-state index in [2.05, 4.69) is 9.84 Å². The van der Waals surface area contributed by atoms with Crippen molar-refractivity contribution in [3.05, 3.63) is 16.6 Å². The molecule has 0 aliphatic heterocycles. The van der Waals surface area contributed by atoms with Gasteiger partial charge in [-0.15, -0.1) is 0 Å². The fraction of sp³-hybridized carbons (Fsp3) is 0.375. The van der Waals surface area contributed by atoms with Crippen LogP contribution in [0.2, 0.25) is 0 Å². The van der Waals surface area contributed by atoms with Gasteiger partial charge in [-0.25, -0.2) is 4.68 Å². The molecule has 4 radical (unpaired) electrons. The van der Waals surface area contributed by atoms with Crippen molar-refractivity contribution >= 4 is 32.6 Å². The molecular weight excluding hydrogens is 194 g/mol. The fourth-order valence-electron chi connectivity index (χ4n) is 0.958. The summed E-state index contributed by atoms with van der Waals surface area (Å²) in [6.07, 6.45) is 1.22. The lowest BCUT2D eigenvalue weighted by Crippen LogP contribution is -2.46. The molecule has 7 heteroatoms. The van der Waals surface area contributed by atoms with Gasteiger partial charge in [0.05, 0.1) is 6.61 Å². The molecule has 1 heterocycles. The van der Waals surface area contributed by atoms with E-state index in [0.29, 0.717) is 0 Å². The van der Waals surface area contributed by atoms with Crippen LogP contribution in [0, 0.1) is 0 Å². The van der Waals surface area contributed by atoms with Gasteiger partial charge in [0.25, 0.3) is 5.56 Å². The lowest BCUT2D eigenvalue weighted by molar-refractivity contribution is -0.144. The lowest BCUT2D eigenvalue weighted by atomic mass is 9.83. The topological polar surface area (TPSA) is 61.2 Å². The summed E-state index contributed by atoms with van der Waals surface area (Å²) in [5.41, 5.74) is -0.613. The Morgan fingerprint density at radius 3 is 2.87 bits per heavy atom. The van der Waals surface area contributed by atoms with E-state index in [9.17, 15) is 9.59 Å². The van der Waals surface area contributed by atoms with Crippen LogP contribution in [0.15, 0.2) is 11.0 Å². The summed E-state index contributed by atoms with van der Waals surface area (Å²) in [6, 6.07) is 0. The number of esters is 1. The van der Waals surface area contributed by atoms with Crippen LogP contribution in [0.5, 0.6) is 0 Å². The van der Waals surface area contributed by atoms with Gasteiger partial charge in [-0.1, -0.05) is 5.46 Å². The van der Waals surface area contributed by atoms with Gasteiger partial charge in [-0.05, 0) is 12.4 Å². The number of aromatic nitrogens is 2. The predicted molar refractivity (Wildman–Crippen MR) is 55.9 cm³/mol. The van der Waals surface area contributed by atoms with E-state index < -0.39 is 11.5 Å². The zero-order valence-corrected chi connectivity index (χ0v) is 8.27. The van der Waals surface area contributed by atoms with Crippen molar-refractivity contribution in [2.45, 2.75) is 13.5 Å². The highest BCUT2D eigenvalue weighted by Crippen LogP contribution is 1.80. The van der Waals surface area contributed by atoms with Crippen molar-refractivity contribution in [1.29, 1.82) is 0 Å². The summed E-state index contributed by atoms with van der Waals surface area (Å²) >= 11 is 0. The molecule has 0 fully saturated rings. The highest BCUT2D eigenvalue weighted by atomic mass is 16.5. The number of nitrogens with zero attached hydrogens (tertiary/aromatic N) is 2. The molecule has 0 saturated carbocycles. The van der Waals surface area contributed by atoms with Crippen LogP contribution in [-0.4, -0.2) is 38.0 Å². The Labute approximate surface area is 89.2 Å². The first-order valence-electron chi connectivity index (χ1n) is 4.33. The lowest BCUT2D eigenvalue weighted by Gasteiger charge is -2.06. The maximum Gasteiger partial charge on any atom is 0.327 e. The minimum Gasteiger partial charge on any atom is -0.465 e. The van der Waals surface area contributed by atoms with E-state index in [-0.39, 0.29) is 24.1 Å². The summed E-state index contributed by atoms with van der Waals surface area (Å²) in [7, 11) is 10.7. The first-order chi connectivity index (χ1) is 7.06. The zero-order chi connectivity index (χ0) is 11.4. The molecule has 1 aromatic rings. The number of carbonyl (C=O) groups excluding carboxylic acids is 1. The van der Waals surface area contributed by atoms with Gasteiger partial charge in [0, 0.05) is 6.20 Å². The Morgan fingerprint density at radius 2 is 2.27 bits per heavy atom. The Hall–Kier alpha value is -1.52.